The molecule has 1 unspecified atom stereocenters. The minimum atomic E-state index is 0.300. The first-order valence-corrected chi connectivity index (χ1v) is 7.61. The summed E-state index contributed by atoms with van der Waals surface area (Å²) in [7, 11) is 1.90. The zero-order valence-corrected chi connectivity index (χ0v) is 13.5. The molecule has 19 heavy (non-hydrogen) atoms. The van der Waals surface area contributed by atoms with E-state index >= 15 is 0 Å². The zero-order valence-electron chi connectivity index (χ0n) is 11.3. The third-order valence-electron chi connectivity index (χ3n) is 2.98. The summed E-state index contributed by atoms with van der Waals surface area (Å²) >= 11 is 2.33. The third kappa shape index (κ3) is 4.28. The normalized spacial score (nSPS) is 12.6. The van der Waals surface area contributed by atoms with Crippen molar-refractivity contribution in [2.75, 3.05) is 6.54 Å². The highest BCUT2D eigenvalue weighted by Crippen LogP contribution is 2.18. The molecule has 1 atom stereocenters. The summed E-state index contributed by atoms with van der Waals surface area (Å²) < 4.78 is 3.01. The fraction of sp³-hybridized carbons (Fsp3) is 0.429. The Bertz CT molecular complexity index is 506. The van der Waals surface area contributed by atoms with Crippen LogP contribution >= 0.6 is 22.6 Å². The molecule has 0 bridgehead atoms. The second-order valence-corrected chi connectivity index (χ2v) is 5.89. The minimum Gasteiger partial charge on any atom is -0.310 e. The average molecular weight is 370 g/mol. The third-order valence-corrected chi connectivity index (χ3v) is 3.70. The lowest BCUT2D eigenvalue weighted by Gasteiger charge is -2.18. The van der Waals surface area contributed by atoms with Crippen molar-refractivity contribution in [2.24, 2.45) is 7.05 Å². The van der Waals surface area contributed by atoms with E-state index in [4.69, 9.17) is 0 Å². The van der Waals surface area contributed by atoms with Gasteiger partial charge in [0.05, 0.1) is 5.69 Å². The molecule has 0 spiro atoms. The van der Waals surface area contributed by atoms with Crippen LogP contribution in [0, 0.1) is 3.57 Å². The van der Waals surface area contributed by atoms with Crippen molar-refractivity contribution in [3.05, 3.63) is 45.3 Å². The Morgan fingerprint density at radius 1 is 1.32 bits per heavy atom. The van der Waals surface area contributed by atoms with Crippen molar-refractivity contribution in [3.8, 4) is 0 Å². The van der Waals surface area contributed by atoms with Gasteiger partial charge in [-0.2, -0.15) is 0 Å². The Morgan fingerprint density at radius 3 is 2.63 bits per heavy atom. The number of rotatable bonds is 6. The molecular weight excluding hydrogens is 351 g/mol. The van der Waals surface area contributed by atoms with Crippen LogP contribution in [0.2, 0.25) is 0 Å². The maximum Gasteiger partial charge on any atom is 0.0845 e. The number of nitrogens with one attached hydrogen (secondary N) is 1. The molecule has 0 saturated heterocycles. The van der Waals surface area contributed by atoms with E-state index in [2.05, 4.69) is 69.4 Å². The van der Waals surface area contributed by atoms with E-state index < -0.39 is 0 Å². The summed E-state index contributed by atoms with van der Waals surface area (Å²) in [5.41, 5.74) is 2.33. The number of hydrogen-bond acceptors (Lipinski definition) is 3. The van der Waals surface area contributed by atoms with Crippen molar-refractivity contribution in [1.82, 2.24) is 20.3 Å². The molecule has 0 fully saturated rings. The van der Waals surface area contributed by atoms with E-state index in [1.54, 1.807) is 4.68 Å². The van der Waals surface area contributed by atoms with Crippen LogP contribution in [-0.2, 0) is 13.5 Å². The van der Waals surface area contributed by atoms with Gasteiger partial charge in [0.1, 0.15) is 0 Å². The fourth-order valence-corrected chi connectivity index (χ4v) is 2.38. The first-order chi connectivity index (χ1) is 9.19. The maximum atomic E-state index is 4.18. The van der Waals surface area contributed by atoms with Crippen LogP contribution in [0.1, 0.15) is 30.6 Å². The highest BCUT2D eigenvalue weighted by molar-refractivity contribution is 14.1. The molecule has 0 saturated carbocycles. The van der Waals surface area contributed by atoms with Crippen LogP contribution in [0.25, 0.3) is 0 Å². The molecule has 5 heteroatoms. The monoisotopic (exact) mass is 370 g/mol. The van der Waals surface area contributed by atoms with Gasteiger partial charge in [0.25, 0.3) is 0 Å². The quantitative estimate of drug-likeness (QED) is 0.796. The van der Waals surface area contributed by atoms with Gasteiger partial charge < -0.3 is 5.32 Å². The van der Waals surface area contributed by atoms with Crippen LogP contribution in [0.15, 0.2) is 30.5 Å². The van der Waals surface area contributed by atoms with Gasteiger partial charge in [-0.15, -0.1) is 5.10 Å². The topological polar surface area (TPSA) is 42.7 Å². The van der Waals surface area contributed by atoms with Crippen molar-refractivity contribution in [2.45, 2.75) is 25.8 Å². The van der Waals surface area contributed by atoms with Crippen molar-refractivity contribution < 1.29 is 0 Å². The largest absolute Gasteiger partial charge is 0.310 e. The number of hydrogen-bond donors (Lipinski definition) is 1. The van der Waals surface area contributed by atoms with Gasteiger partial charge in [-0.25, -0.2) is 0 Å². The van der Waals surface area contributed by atoms with Crippen molar-refractivity contribution >= 4 is 22.6 Å². The number of halogens is 1. The molecule has 1 aromatic heterocycles. The standard InChI is InChI=1S/C14H19IN4/c1-3-8-16-14(9-13-10-19(2)18-17-13)11-4-6-12(15)7-5-11/h4-7,10,14,16H,3,8-9H2,1-2H3. The second kappa shape index (κ2) is 7.00. The average Bonchev–Trinajstić information content (AvgIpc) is 2.81. The van der Waals surface area contributed by atoms with Gasteiger partial charge in [0.15, 0.2) is 0 Å². The van der Waals surface area contributed by atoms with Gasteiger partial charge in [-0.1, -0.05) is 24.3 Å². The summed E-state index contributed by atoms with van der Waals surface area (Å²) in [4.78, 5) is 0. The Morgan fingerprint density at radius 2 is 2.05 bits per heavy atom. The van der Waals surface area contributed by atoms with E-state index in [-0.39, 0.29) is 0 Å². The summed E-state index contributed by atoms with van der Waals surface area (Å²) in [5.74, 6) is 0. The predicted octanol–water partition coefficient (Wildman–Crippen LogP) is 2.70. The van der Waals surface area contributed by atoms with Gasteiger partial charge in [0, 0.05) is 29.3 Å². The highest BCUT2D eigenvalue weighted by Gasteiger charge is 2.13. The first kappa shape index (κ1) is 14.5. The molecule has 0 radical (unpaired) electrons. The lowest BCUT2D eigenvalue weighted by molar-refractivity contribution is 0.524. The molecule has 4 nitrogen and oxygen atoms in total. The molecule has 1 aromatic carbocycles. The van der Waals surface area contributed by atoms with Crippen LogP contribution in [0.4, 0.5) is 0 Å². The molecule has 0 amide bonds. The highest BCUT2D eigenvalue weighted by atomic mass is 127. The molecule has 0 aliphatic rings. The summed E-state index contributed by atoms with van der Waals surface area (Å²) in [5, 5.41) is 11.8. The SMILES string of the molecule is CCCNC(Cc1cn(C)nn1)c1ccc(I)cc1. The molecule has 0 aliphatic carbocycles. The predicted molar refractivity (Wildman–Crippen MR) is 84.9 cm³/mol. The Labute approximate surface area is 127 Å². The van der Waals surface area contributed by atoms with Crippen LogP contribution in [0.3, 0.4) is 0 Å². The first-order valence-electron chi connectivity index (χ1n) is 6.53. The van der Waals surface area contributed by atoms with E-state index in [9.17, 15) is 0 Å². The minimum absolute atomic E-state index is 0.300. The molecule has 102 valence electrons. The molecule has 2 rings (SSSR count). The molecule has 0 aliphatic heterocycles. The van der Waals surface area contributed by atoms with Gasteiger partial charge in [0.2, 0.25) is 0 Å². The van der Waals surface area contributed by atoms with Crippen LogP contribution < -0.4 is 5.32 Å². The number of aromatic nitrogens is 3. The number of nitrogens with zero attached hydrogens (tertiary/aromatic N) is 3. The van der Waals surface area contributed by atoms with E-state index in [1.165, 1.54) is 9.13 Å². The lowest BCUT2D eigenvalue weighted by atomic mass is 10.0. The number of aryl methyl sites for hydroxylation is 1. The Balaban J connectivity index is 2.13. The van der Waals surface area contributed by atoms with E-state index in [0.29, 0.717) is 6.04 Å². The Hall–Kier alpha value is -0.950. The number of benzene rings is 1. The Kier molecular flexibility index (Phi) is 5.33. The van der Waals surface area contributed by atoms with Crippen molar-refractivity contribution in [1.29, 1.82) is 0 Å². The summed E-state index contributed by atoms with van der Waals surface area (Å²) in [6.45, 7) is 3.19. The zero-order chi connectivity index (χ0) is 13.7. The smallest absolute Gasteiger partial charge is 0.0845 e. The van der Waals surface area contributed by atoms with Crippen LogP contribution in [-0.4, -0.2) is 21.5 Å². The van der Waals surface area contributed by atoms with E-state index in [1.807, 2.05) is 13.2 Å². The van der Waals surface area contributed by atoms with Gasteiger partial charge in [-0.3, -0.25) is 4.68 Å². The maximum absolute atomic E-state index is 4.18. The second-order valence-electron chi connectivity index (χ2n) is 4.65. The van der Waals surface area contributed by atoms with E-state index in [0.717, 1.165) is 25.1 Å². The van der Waals surface area contributed by atoms with Gasteiger partial charge in [-0.05, 0) is 53.3 Å². The molecule has 1 heterocycles. The summed E-state index contributed by atoms with van der Waals surface area (Å²) in [6.07, 6.45) is 3.98. The summed E-state index contributed by atoms with van der Waals surface area (Å²) in [6, 6.07) is 8.96. The lowest BCUT2D eigenvalue weighted by Crippen LogP contribution is -2.24. The molecule has 1 N–H and O–H groups in total. The van der Waals surface area contributed by atoms with Crippen molar-refractivity contribution in [3.63, 3.8) is 0 Å². The van der Waals surface area contributed by atoms with Gasteiger partial charge >= 0.3 is 0 Å². The molecule has 2 aromatic rings. The fourth-order valence-electron chi connectivity index (χ4n) is 2.02. The van der Waals surface area contributed by atoms with Crippen LogP contribution in [0.5, 0.6) is 0 Å². The molecular formula is C14H19IN4.